The maximum atomic E-state index is 11.4. The third-order valence-electron chi connectivity index (χ3n) is 1.95. The van der Waals surface area contributed by atoms with Crippen LogP contribution in [-0.4, -0.2) is 39.8 Å². The van der Waals surface area contributed by atoms with Crippen molar-refractivity contribution in [3.8, 4) is 0 Å². The van der Waals surface area contributed by atoms with Gasteiger partial charge in [-0.1, -0.05) is 5.11 Å². The van der Waals surface area contributed by atoms with Crippen molar-refractivity contribution in [1.29, 1.82) is 0 Å². The first kappa shape index (κ1) is 16.7. The molecule has 0 saturated carbocycles. The van der Waals surface area contributed by atoms with E-state index in [1.165, 1.54) is 0 Å². The number of rotatable bonds is 10. The van der Waals surface area contributed by atoms with E-state index >= 15 is 0 Å². The lowest BCUT2D eigenvalue weighted by atomic mass is 10.3. The molecule has 0 bridgehead atoms. The van der Waals surface area contributed by atoms with Crippen molar-refractivity contribution in [3.05, 3.63) is 10.4 Å². The van der Waals surface area contributed by atoms with Crippen molar-refractivity contribution in [2.45, 2.75) is 26.2 Å². The lowest BCUT2D eigenvalue weighted by molar-refractivity contribution is -0.142. The largest absolute Gasteiger partial charge is 0.466 e. The van der Waals surface area contributed by atoms with Gasteiger partial charge in [-0.25, -0.2) is 13.1 Å². The smallest absolute Gasteiger partial charge is 0.306 e. The maximum Gasteiger partial charge on any atom is 0.306 e. The monoisotopic (exact) mass is 278 g/mol. The Bertz CT molecular complexity index is 389. The number of nitrogens with zero attached hydrogens (tertiary/aromatic N) is 3. The van der Waals surface area contributed by atoms with Crippen LogP contribution >= 0.6 is 0 Å². The van der Waals surface area contributed by atoms with Gasteiger partial charge in [0.05, 0.1) is 18.8 Å². The van der Waals surface area contributed by atoms with Gasteiger partial charge in [-0.2, -0.15) is 0 Å². The minimum absolute atomic E-state index is 0.151. The van der Waals surface area contributed by atoms with E-state index < -0.39 is 16.0 Å². The molecule has 0 spiro atoms. The molecule has 0 aliphatic carbocycles. The minimum atomic E-state index is -3.44. The molecule has 0 aliphatic rings. The molecule has 0 saturated heterocycles. The Labute approximate surface area is 106 Å². The lowest BCUT2D eigenvalue weighted by Gasteiger charge is -2.05. The van der Waals surface area contributed by atoms with Gasteiger partial charge in [0.25, 0.3) is 0 Å². The highest BCUT2D eigenvalue weighted by Gasteiger charge is 2.12. The van der Waals surface area contributed by atoms with Crippen LogP contribution in [0.15, 0.2) is 5.11 Å². The fraction of sp³-hybridized carbons (Fsp3) is 0.889. The quantitative estimate of drug-likeness (QED) is 0.210. The van der Waals surface area contributed by atoms with Crippen LogP contribution in [0.3, 0.4) is 0 Å². The fourth-order valence-corrected chi connectivity index (χ4v) is 2.14. The predicted molar refractivity (Wildman–Crippen MR) is 66.3 cm³/mol. The first-order chi connectivity index (χ1) is 8.52. The molecule has 0 fully saturated rings. The minimum Gasteiger partial charge on any atom is -0.466 e. The highest BCUT2D eigenvalue weighted by atomic mass is 32.2. The highest BCUT2D eigenvalue weighted by molar-refractivity contribution is 7.89. The molecule has 18 heavy (non-hydrogen) atoms. The third kappa shape index (κ3) is 9.88. The number of carbonyl (C=O) groups is 1. The Morgan fingerprint density at radius 3 is 2.78 bits per heavy atom. The number of unbranched alkanes of at least 4 members (excludes halogenated alkanes) is 1. The summed E-state index contributed by atoms with van der Waals surface area (Å²) < 4.78 is 29.8. The molecule has 0 aromatic carbocycles. The van der Waals surface area contributed by atoms with E-state index in [0.717, 1.165) is 0 Å². The summed E-state index contributed by atoms with van der Waals surface area (Å²) >= 11 is 0. The van der Waals surface area contributed by atoms with Gasteiger partial charge in [-0.15, -0.1) is 0 Å². The van der Waals surface area contributed by atoms with Gasteiger partial charge in [-0.05, 0) is 25.3 Å². The molecule has 8 nitrogen and oxygen atoms in total. The Hall–Kier alpha value is -1.31. The predicted octanol–water partition coefficient (Wildman–Crippen LogP) is 0.949. The van der Waals surface area contributed by atoms with E-state index in [9.17, 15) is 13.2 Å². The van der Waals surface area contributed by atoms with Gasteiger partial charge in [-0.3, -0.25) is 4.79 Å². The Morgan fingerprint density at radius 2 is 2.17 bits per heavy atom. The van der Waals surface area contributed by atoms with Gasteiger partial charge in [0.15, 0.2) is 0 Å². The SMILES string of the molecule is CCOC(=O)CCS(=O)(=O)NCCCCN=[N+]=[N-]. The van der Waals surface area contributed by atoms with Crippen LogP contribution in [0.2, 0.25) is 0 Å². The Kier molecular flexibility index (Phi) is 8.99. The number of carbonyl (C=O) groups excluding carboxylic acids is 1. The van der Waals surface area contributed by atoms with Crippen molar-refractivity contribution >= 4 is 16.0 Å². The number of sulfonamides is 1. The first-order valence-corrected chi connectivity index (χ1v) is 7.31. The fourth-order valence-electron chi connectivity index (χ4n) is 1.10. The molecule has 0 heterocycles. The first-order valence-electron chi connectivity index (χ1n) is 5.65. The van der Waals surface area contributed by atoms with Crippen LogP contribution in [0.1, 0.15) is 26.2 Å². The Balaban J connectivity index is 3.73. The second kappa shape index (κ2) is 9.69. The zero-order valence-corrected chi connectivity index (χ0v) is 11.1. The molecule has 0 radical (unpaired) electrons. The molecule has 1 N–H and O–H groups in total. The second-order valence-corrected chi connectivity index (χ2v) is 5.36. The van der Waals surface area contributed by atoms with Gasteiger partial charge < -0.3 is 4.74 Å². The molecule has 0 rings (SSSR count). The molecule has 0 aromatic heterocycles. The molecule has 9 heteroatoms. The lowest BCUT2D eigenvalue weighted by Crippen LogP contribution is -2.28. The third-order valence-corrected chi connectivity index (χ3v) is 3.34. The molecule has 0 atom stereocenters. The van der Waals surface area contributed by atoms with E-state index in [2.05, 4.69) is 19.5 Å². The molecule has 0 aromatic rings. The zero-order valence-electron chi connectivity index (χ0n) is 10.3. The average Bonchev–Trinajstić information content (AvgIpc) is 2.32. The summed E-state index contributed by atoms with van der Waals surface area (Å²) in [6, 6.07) is 0. The van der Waals surface area contributed by atoms with Gasteiger partial charge >= 0.3 is 5.97 Å². The standard InChI is InChI=1S/C9H18N4O4S/c1-2-17-9(14)5-8-18(15,16)12-7-4-3-6-11-13-10/h12H,2-8H2,1H3. The van der Waals surface area contributed by atoms with E-state index in [1.54, 1.807) is 6.92 Å². The van der Waals surface area contributed by atoms with Crippen molar-refractivity contribution in [2.24, 2.45) is 5.11 Å². The summed E-state index contributed by atoms with van der Waals surface area (Å²) in [4.78, 5) is 13.6. The highest BCUT2D eigenvalue weighted by Crippen LogP contribution is 1.95. The van der Waals surface area contributed by atoms with Crippen LogP contribution < -0.4 is 4.72 Å². The summed E-state index contributed by atoms with van der Waals surface area (Å²) in [5.41, 5.74) is 8.02. The van der Waals surface area contributed by atoms with Crippen molar-refractivity contribution < 1.29 is 17.9 Å². The topological polar surface area (TPSA) is 121 Å². The molecular formula is C9H18N4O4S. The maximum absolute atomic E-state index is 11.4. The van der Waals surface area contributed by atoms with E-state index in [1.807, 2.05) is 0 Å². The van der Waals surface area contributed by atoms with Crippen molar-refractivity contribution in [3.63, 3.8) is 0 Å². The van der Waals surface area contributed by atoms with E-state index in [4.69, 9.17) is 5.53 Å². The second-order valence-electron chi connectivity index (χ2n) is 3.43. The number of hydrogen-bond acceptors (Lipinski definition) is 5. The van der Waals surface area contributed by atoms with Gasteiger partial charge in [0.1, 0.15) is 0 Å². The van der Waals surface area contributed by atoms with Crippen molar-refractivity contribution in [2.75, 3.05) is 25.4 Å². The molecule has 0 unspecified atom stereocenters. The zero-order chi connectivity index (χ0) is 13.9. The van der Waals surface area contributed by atoms with E-state index in [0.29, 0.717) is 19.4 Å². The summed E-state index contributed by atoms with van der Waals surface area (Å²) in [6.45, 7) is 2.52. The number of esters is 1. The Morgan fingerprint density at radius 1 is 1.44 bits per heavy atom. The summed E-state index contributed by atoms with van der Waals surface area (Å²) in [6.07, 6.45) is 1.05. The van der Waals surface area contributed by atoms with Gasteiger partial charge in [0, 0.05) is 18.0 Å². The molecular weight excluding hydrogens is 260 g/mol. The molecule has 104 valence electrons. The van der Waals surface area contributed by atoms with Crippen LogP contribution in [0.5, 0.6) is 0 Å². The summed E-state index contributed by atoms with van der Waals surface area (Å²) in [5, 5.41) is 3.33. The van der Waals surface area contributed by atoms with Crippen LogP contribution in [0, 0.1) is 0 Å². The van der Waals surface area contributed by atoms with Crippen molar-refractivity contribution in [1.82, 2.24) is 4.72 Å². The summed E-state index contributed by atoms with van der Waals surface area (Å²) in [7, 11) is -3.44. The summed E-state index contributed by atoms with van der Waals surface area (Å²) in [5.74, 6) is -0.798. The number of nitrogens with one attached hydrogen (secondary N) is 1. The average molecular weight is 278 g/mol. The molecule has 0 aliphatic heterocycles. The number of hydrogen-bond donors (Lipinski definition) is 1. The van der Waals surface area contributed by atoms with Crippen LogP contribution in [-0.2, 0) is 19.6 Å². The van der Waals surface area contributed by atoms with Crippen LogP contribution in [0.25, 0.3) is 10.4 Å². The van der Waals surface area contributed by atoms with E-state index in [-0.39, 0.29) is 25.3 Å². The molecule has 0 amide bonds. The van der Waals surface area contributed by atoms with Crippen LogP contribution in [0.4, 0.5) is 0 Å². The van der Waals surface area contributed by atoms with Gasteiger partial charge in [0.2, 0.25) is 10.0 Å². The normalized spacial score (nSPS) is 10.7. The number of azide groups is 1. The number of ether oxygens (including phenoxy) is 1.